The molecule has 0 amide bonds. The quantitative estimate of drug-likeness (QED) is 0.730. The van der Waals surface area contributed by atoms with Crippen LogP contribution in [0.15, 0.2) is 0 Å². The van der Waals surface area contributed by atoms with Crippen molar-refractivity contribution in [3.05, 3.63) is 0 Å². The van der Waals surface area contributed by atoms with Crippen LogP contribution >= 0.6 is 0 Å². The second-order valence-corrected chi connectivity index (χ2v) is 6.33. The van der Waals surface area contributed by atoms with Crippen molar-refractivity contribution in [1.29, 1.82) is 0 Å². The number of nitrogens with zero attached hydrogens (tertiary/aromatic N) is 2. The van der Waals surface area contributed by atoms with Crippen LogP contribution < -0.4 is 0 Å². The Morgan fingerprint density at radius 1 is 1.00 bits per heavy atom. The van der Waals surface area contributed by atoms with E-state index in [4.69, 9.17) is 0 Å². The summed E-state index contributed by atoms with van der Waals surface area (Å²) in [4.78, 5) is 5.07. The highest BCUT2D eigenvalue weighted by molar-refractivity contribution is 4.88. The second-order valence-electron chi connectivity index (χ2n) is 6.33. The van der Waals surface area contributed by atoms with Crippen LogP contribution in [0.2, 0.25) is 0 Å². The number of β-amino-alcohol motifs (C(OH)–C–C–N with tert-alkyl or cyclic N) is 1. The molecule has 2 fully saturated rings. The average Bonchev–Trinajstić information content (AvgIpc) is 2.64. The van der Waals surface area contributed by atoms with Gasteiger partial charge in [0.15, 0.2) is 0 Å². The number of hydrogen-bond acceptors (Lipinski definition) is 3. The van der Waals surface area contributed by atoms with E-state index in [1.54, 1.807) is 0 Å². The van der Waals surface area contributed by atoms with E-state index in [2.05, 4.69) is 30.6 Å². The number of piperidine rings is 1. The standard InChI is InChI=1S/C13H26N2O/c1-13(2,3)15-8-4-11(5-9-15)14-7-6-12(16)10-14/h11-12,16H,4-10H2,1-3H3/t12-/m1/s1. The van der Waals surface area contributed by atoms with Crippen molar-refractivity contribution >= 4 is 0 Å². The highest BCUT2D eigenvalue weighted by Gasteiger charge is 2.32. The van der Waals surface area contributed by atoms with Crippen LogP contribution in [0, 0.1) is 0 Å². The summed E-state index contributed by atoms with van der Waals surface area (Å²) in [5.41, 5.74) is 0.315. The molecule has 2 aliphatic rings. The molecule has 2 saturated heterocycles. The van der Waals surface area contributed by atoms with E-state index in [1.807, 2.05) is 0 Å². The maximum atomic E-state index is 9.56. The minimum Gasteiger partial charge on any atom is -0.392 e. The molecule has 1 N–H and O–H groups in total. The zero-order valence-electron chi connectivity index (χ0n) is 10.9. The Kier molecular flexibility index (Phi) is 3.57. The Hall–Kier alpha value is -0.120. The third-order valence-corrected chi connectivity index (χ3v) is 4.12. The van der Waals surface area contributed by atoms with Gasteiger partial charge in [-0.05, 0) is 40.0 Å². The molecule has 2 rings (SSSR count). The fourth-order valence-corrected chi connectivity index (χ4v) is 3.00. The van der Waals surface area contributed by atoms with Gasteiger partial charge >= 0.3 is 0 Å². The Morgan fingerprint density at radius 2 is 1.62 bits per heavy atom. The van der Waals surface area contributed by atoms with Gasteiger partial charge in [-0.1, -0.05) is 0 Å². The first-order valence-electron chi connectivity index (χ1n) is 6.64. The summed E-state index contributed by atoms with van der Waals surface area (Å²) < 4.78 is 0. The Morgan fingerprint density at radius 3 is 2.06 bits per heavy atom. The molecule has 0 aliphatic carbocycles. The third kappa shape index (κ3) is 2.76. The van der Waals surface area contributed by atoms with Crippen LogP contribution in [0.5, 0.6) is 0 Å². The highest BCUT2D eigenvalue weighted by atomic mass is 16.3. The topological polar surface area (TPSA) is 26.7 Å². The summed E-state index contributed by atoms with van der Waals surface area (Å²) in [5.74, 6) is 0. The molecule has 2 heterocycles. The van der Waals surface area contributed by atoms with Gasteiger partial charge in [-0.3, -0.25) is 9.80 Å². The molecule has 94 valence electrons. The lowest BCUT2D eigenvalue weighted by Gasteiger charge is -2.43. The first-order valence-corrected chi connectivity index (χ1v) is 6.64. The van der Waals surface area contributed by atoms with Crippen LogP contribution in [0.3, 0.4) is 0 Å². The van der Waals surface area contributed by atoms with Crippen molar-refractivity contribution < 1.29 is 5.11 Å². The van der Waals surface area contributed by atoms with E-state index in [1.165, 1.54) is 25.9 Å². The van der Waals surface area contributed by atoms with Gasteiger partial charge in [-0.2, -0.15) is 0 Å². The predicted molar refractivity (Wildman–Crippen MR) is 66.5 cm³/mol. The van der Waals surface area contributed by atoms with Crippen molar-refractivity contribution in [3.63, 3.8) is 0 Å². The van der Waals surface area contributed by atoms with Crippen LogP contribution in [-0.4, -0.2) is 58.8 Å². The summed E-state index contributed by atoms with van der Waals surface area (Å²) in [5, 5.41) is 9.56. The summed E-state index contributed by atoms with van der Waals surface area (Å²) in [6.45, 7) is 11.3. The Bertz CT molecular complexity index is 229. The van der Waals surface area contributed by atoms with Crippen LogP contribution in [0.25, 0.3) is 0 Å². The van der Waals surface area contributed by atoms with E-state index < -0.39 is 0 Å². The molecule has 0 bridgehead atoms. The van der Waals surface area contributed by atoms with E-state index in [9.17, 15) is 5.11 Å². The first kappa shape index (κ1) is 12.3. The van der Waals surface area contributed by atoms with Gasteiger partial charge in [0.1, 0.15) is 0 Å². The molecule has 0 radical (unpaired) electrons. The molecule has 3 nitrogen and oxygen atoms in total. The SMILES string of the molecule is CC(C)(C)N1CCC(N2CC[C@@H](O)C2)CC1. The van der Waals surface area contributed by atoms with E-state index in [0.717, 1.165) is 25.6 Å². The largest absolute Gasteiger partial charge is 0.392 e. The van der Waals surface area contributed by atoms with Crippen molar-refractivity contribution in [1.82, 2.24) is 9.80 Å². The van der Waals surface area contributed by atoms with Gasteiger partial charge in [-0.15, -0.1) is 0 Å². The second kappa shape index (κ2) is 4.63. The van der Waals surface area contributed by atoms with Gasteiger partial charge in [0.25, 0.3) is 0 Å². The van der Waals surface area contributed by atoms with E-state index in [-0.39, 0.29) is 6.10 Å². The fraction of sp³-hybridized carbons (Fsp3) is 1.00. The first-order chi connectivity index (χ1) is 7.47. The predicted octanol–water partition coefficient (Wildman–Crippen LogP) is 1.32. The minimum absolute atomic E-state index is 0.0688. The van der Waals surface area contributed by atoms with Crippen LogP contribution in [0.1, 0.15) is 40.0 Å². The molecule has 0 unspecified atom stereocenters. The van der Waals surface area contributed by atoms with Gasteiger partial charge in [0.05, 0.1) is 6.10 Å². The molecule has 16 heavy (non-hydrogen) atoms. The number of hydrogen-bond donors (Lipinski definition) is 1. The van der Waals surface area contributed by atoms with E-state index >= 15 is 0 Å². The summed E-state index contributed by atoms with van der Waals surface area (Å²) in [6, 6.07) is 0.718. The highest BCUT2D eigenvalue weighted by Crippen LogP contribution is 2.25. The lowest BCUT2D eigenvalue weighted by molar-refractivity contribution is 0.0594. The summed E-state index contributed by atoms with van der Waals surface area (Å²) in [6.07, 6.45) is 3.44. The fourth-order valence-electron chi connectivity index (χ4n) is 3.00. The zero-order valence-corrected chi connectivity index (χ0v) is 10.9. The van der Waals surface area contributed by atoms with E-state index in [0.29, 0.717) is 5.54 Å². The average molecular weight is 226 g/mol. The molecule has 0 saturated carbocycles. The molecule has 0 aromatic carbocycles. The zero-order chi connectivity index (χ0) is 11.8. The Balaban J connectivity index is 1.81. The molecule has 0 aromatic rings. The lowest BCUT2D eigenvalue weighted by atomic mass is 9.97. The van der Waals surface area contributed by atoms with Gasteiger partial charge < -0.3 is 5.11 Å². The molecular weight excluding hydrogens is 200 g/mol. The normalized spacial score (nSPS) is 31.1. The molecular formula is C13H26N2O. The molecule has 1 atom stereocenters. The molecule has 2 aliphatic heterocycles. The number of aliphatic hydroxyl groups excluding tert-OH is 1. The maximum absolute atomic E-state index is 9.56. The van der Waals surface area contributed by atoms with Crippen LogP contribution in [0.4, 0.5) is 0 Å². The van der Waals surface area contributed by atoms with Crippen molar-refractivity contribution in [2.75, 3.05) is 26.2 Å². The lowest BCUT2D eigenvalue weighted by Crippen LogP contribution is -2.50. The Labute approximate surface area is 99.4 Å². The van der Waals surface area contributed by atoms with Gasteiger partial charge in [0, 0.05) is 37.8 Å². The van der Waals surface area contributed by atoms with Crippen molar-refractivity contribution in [2.24, 2.45) is 0 Å². The third-order valence-electron chi connectivity index (χ3n) is 4.12. The smallest absolute Gasteiger partial charge is 0.0679 e. The van der Waals surface area contributed by atoms with Crippen molar-refractivity contribution in [3.8, 4) is 0 Å². The maximum Gasteiger partial charge on any atom is 0.0679 e. The molecule has 0 aromatic heterocycles. The number of aliphatic hydroxyl groups is 1. The minimum atomic E-state index is -0.0688. The monoisotopic (exact) mass is 226 g/mol. The van der Waals surface area contributed by atoms with Gasteiger partial charge in [-0.25, -0.2) is 0 Å². The summed E-state index contributed by atoms with van der Waals surface area (Å²) >= 11 is 0. The number of likely N-dealkylation sites (tertiary alicyclic amines) is 2. The molecule has 0 spiro atoms. The molecule has 3 heteroatoms. The van der Waals surface area contributed by atoms with Crippen molar-refractivity contribution in [2.45, 2.75) is 57.7 Å². The van der Waals surface area contributed by atoms with Crippen LogP contribution in [-0.2, 0) is 0 Å². The van der Waals surface area contributed by atoms with Gasteiger partial charge in [0.2, 0.25) is 0 Å². The number of rotatable bonds is 1. The summed E-state index contributed by atoms with van der Waals surface area (Å²) in [7, 11) is 0.